The fourth-order valence-electron chi connectivity index (χ4n) is 2.46. The molecule has 2 aromatic heterocycles. The summed E-state index contributed by atoms with van der Waals surface area (Å²) in [6, 6.07) is 2.10. The molecule has 2 aromatic rings. The number of piperazine rings is 1. The molecule has 1 aliphatic rings. The third-order valence-electron chi connectivity index (χ3n) is 3.79. The number of hydrogen-bond acceptors (Lipinski definition) is 6. The molecule has 3 heterocycles. The van der Waals surface area contributed by atoms with Crippen LogP contribution in [-0.4, -0.2) is 58.7 Å². The summed E-state index contributed by atoms with van der Waals surface area (Å²) >= 11 is 0. The Balaban J connectivity index is 1.68. The summed E-state index contributed by atoms with van der Waals surface area (Å²) in [4.78, 5) is 5.56. The molecule has 136 valence electrons. The minimum absolute atomic E-state index is 0.0298. The van der Waals surface area contributed by atoms with Gasteiger partial charge in [0.2, 0.25) is 0 Å². The molecule has 0 N–H and O–H groups in total. The van der Waals surface area contributed by atoms with Crippen molar-refractivity contribution in [2.45, 2.75) is 11.2 Å². The molecule has 1 fully saturated rings. The summed E-state index contributed by atoms with van der Waals surface area (Å²) in [5.74, 6) is 0.280. The zero-order chi connectivity index (χ0) is 18.2. The number of imidazole rings is 1. The Bertz CT molecular complexity index is 841. The van der Waals surface area contributed by atoms with Crippen LogP contribution in [0.1, 0.15) is 5.69 Å². The second kappa shape index (κ2) is 6.26. The molecule has 1 saturated heterocycles. The van der Waals surface area contributed by atoms with E-state index < -0.39 is 21.9 Å². The Morgan fingerprint density at radius 3 is 2.24 bits per heavy atom. The van der Waals surface area contributed by atoms with Crippen LogP contribution < -0.4 is 4.90 Å². The third kappa shape index (κ3) is 3.58. The first-order valence-electron chi connectivity index (χ1n) is 7.32. The third-order valence-corrected chi connectivity index (χ3v) is 5.57. The summed E-state index contributed by atoms with van der Waals surface area (Å²) in [6.07, 6.45) is -1.72. The lowest BCUT2D eigenvalue weighted by atomic mass is 10.3. The fourth-order valence-corrected chi connectivity index (χ4v) is 3.85. The molecular weight excluding hydrogens is 361 g/mol. The highest BCUT2D eigenvalue weighted by atomic mass is 32.2. The highest BCUT2D eigenvalue weighted by Gasteiger charge is 2.34. The van der Waals surface area contributed by atoms with Crippen LogP contribution in [0.2, 0.25) is 0 Å². The van der Waals surface area contributed by atoms with E-state index in [0.717, 1.165) is 6.07 Å². The van der Waals surface area contributed by atoms with Crippen molar-refractivity contribution in [3.05, 3.63) is 30.4 Å². The van der Waals surface area contributed by atoms with Crippen LogP contribution in [0.5, 0.6) is 0 Å². The molecule has 0 amide bonds. The van der Waals surface area contributed by atoms with Crippen LogP contribution in [0.15, 0.2) is 29.7 Å². The molecule has 0 saturated carbocycles. The van der Waals surface area contributed by atoms with Gasteiger partial charge >= 0.3 is 6.18 Å². The van der Waals surface area contributed by atoms with Crippen LogP contribution in [0.4, 0.5) is 19.0 Å². The summed E-state index contributed by atoms with van der Waals surface area (Å²) in [5.41, 5.74) is -1.06. The topological polar surface area (TPSA) is 84.2 Å². The monoisotopic (exact) mass is 376 g/mol. The molecule has 0 bridgehead atoms. The lowest BCUT2D eigenvalue weighted by Crippen LogP contribution is -2.49. The lowest BCUT2D eigenvalue weighted by molar-refractivity contribution is -0.141. The van der Waals surface area contributed by atoms with Crippen molar-refractivity contribution >= 4 is 15.8 Å². The fraction of sp³-hybridized carbons (Fsp3) is 0.462. The van der Waals surface area contributed by atoms with Crippen molar-refractivity contribution in [3.8, 4) is 0 Å². The van der Waals surface area contributed by atoms with Crippen molar-refractivity contribution in [1.82, 2.24) is 24.1 Å². The van der Waals surface area contributed by atoms with Crippen LogP contribution in [-0.2, 0) is 23.2 Å². The minimum atomic E-state index is -4.54. The molecule has 0 aliphatic carbocycles. The first-order valence-corrected chi connectivity index (χ1v) is 8.76. The highest BCUT2D eigenvalue weighted by Crippen LogP contribution is 2.27. The van der Waals surface area contributed by atoms with E-state index in [-0.39, 0.29) is 23.9 Å². The van der Waals surface area contributed by atoms with Crippen molar-refractivity contribution in [3.63, 3.8) is 0 Å². The molecule has 0 atom stereocenters. The van der Waals surface area contributed by atoms with Gasteiger partial charge in [0.1, 0.15) is 0 Å². The summed E-state index contributed by atoms with van der Waals surface area (Å²) in [5, 5.41) is 6.74. The largest absolute Gasteiger partial charge is 0.435 e. The van der Waals surface area contributed by atoms with Gasteiger partial charge in [-0.3, -0.25) is 0 Å². The average molecular weight is 376 g/mol. The molecule has 3 rings (SSSR count). The summed E-state index contributed by atoms with van der Waals surface area (Å²) in [6.45, 7) is 0.960. The van der Waals surface area contributed by atoms with E-state index >= 15 is 0 Å². The van der Waals surface area contributed by atoms with Gasteiger partial charge in [0.25, 0.3) is 10.0 Å². The first-order chi connectivity index (χ1) is 11.7. The Morgan fingerprint density at radius 2 is 1.76 bits per heavy atom. The maximum atomic E-state index is 12.5. The normalized spacial score (nSPS) is 17.0. The summed E-state index contributed by atoms with van der Waals surface area (Å²) in [7, 11) is -2.01. The van der Waals surface area contributed by atoms with Crippen molar-refractivity contribution < 1.29 is 21.6 Å². The number of sulfonamides is 1. The zero-order valence-corrected chi connectivity index (χ0v) is 14.0. The smallest absolute Gasteiger partial charge is 0.352 e. The number of halogens is 3. The van der Waals surface area contributed by atoms with Gasteiger partial charge in [-0.25, -0.2) is 13.4 Å². The van der Waals surface area contributed by atoms with E-state index in [4.69, 9.17) is 0 Å². The van der Waals surface area contributed by atoms with Gasteiger partial charge in [-0.1, -0.05) is 0 Å². The van der Waals surface area contributed by atoms with Gasteiger partial charge in [-0.05, 0) is 12.1 Å². The standard InChI is InChI=1S/C13H15F3N6O2S/c1-20-8-12(17-9-20)25(23,24)22-6-4-21(5-7-22)11-3-2-10(18-19-11)13(14,15)16/h2-3,8-9H,4-7H2,1H3. The quantitative estimate of drug-likeness (QED) is 0.786. The van der Waals surface area contributed by atoms with Crippen LogP contribution in [0, 0.1) is 0 Å². The molecule has 1 aliphatic heterocycles. The van der Waals surface area contributed by atoms with Crippen molar-refractivity contribution in [2.24, 2.45) is 7.05 Å². The molecule has 12 heteroatoms. The molecule has 0 radical (unpaired) electrons. The number of anilines is 1. The average Bonchev–Trinajstić information content (AvgIpc) is 3.02. The minimum Gasteiger partial charge on any atom is -0.352 e. The number of hydrogen-bond donors (Lipinski definition) is 0. The summed E-state index contributed by atoms with van der Waals surface area (Å²) < 4.78 is 65.3. The van der Waals surface area contributed by atoms with Gasteiger partial charge in [0, 0.05) is 39.4 Å². The maximum absolute atomic E-state index is 12.5. The van der Waals surface area contributed by atoms with Gasteiger partial charge in [-0.2, -0.15) is 17.5 Å². The second-order valence-corrected chi connectivity index (χ2v) is 7.43. The van der Waals surface area contributed by atoms with Gasteiger partial charge in [0.15, 0.2) is 16.5 Å². The predicted octanol–water partition coefficient (Wildman–Crippen LogP) is 0.740. The Kier molecular flexibility index (Phi) is 4.41. The van der Waals surface area contributed by atoms with E-state index in [1.165, 1.54) is 22.9 Å². The van der Waals surface area contributed by atoms with Crippen LogP contribution in [0.3, 0.4) is 0 Å². The molecular formula is C13H15F3N6O2S. The number of alkyl halides is 3. The Labute approximate surface area is 141 Å². The van der Waals surface area contributed by atoms with E-state index in [2.05, 4.69) is 15.2 Å². The van der Waals surface area contributed by atoms with Gasteiger partial charge in [-0.15, -0.1) is 10.2 Å². The SMILES string of the molecule is Cn1cnc(S(=O)(=O)N2CCN(c3ccc(C(F)(F)F)nn3)CC2)c1. The number of aromatic nitrogens is 4. The molecule has 0 unspecified atom stereocenters. The Morgan fingerprint density at radius 1 is 1.08 bits per heavy atom. The number of rotatable bonds is 3. The van der Waals surface area contributed by atoms with Crippen molar-refractivity contribution in [1.29, 1.82) is 0 Å². The maximum Gasteiger partial charge on any atom is 0.435 e. The van der Waals surface area contributed by atoms with Crippen molar-refractivity contribution in [2.75, 3.05) is 31.1 Å². The van der Waals surface area contributed by atoms with E-state index in [1.807, 2.05) is 0 Å². The number of nitrogens with zero attached hydrogens (tertiary/aromatic N) is 6. The first kappa shape index (κ1) is 17.6. The second-order valence-electron chi connectivity index (χ2n) is 5.54. The lowest BCUT2D eigenvalue weighted by Gasteiger charge is -2.34. The van der Waals surface area contributed by atoms with Gasteiger partial charge in [0.05, 0.1) is 6.33 Å². The highest BCUT2D eigenvalue weighted by molar-refractivity contribution is 7.89. The van der Waals surface area contributed by atoms with E-state index in [9.17, 15) is 21.6 Å². The zero-order valence-electron chi connectivity index (χ0n) is 13.2. The van der Waals surface area contributed by atoms with Gasteiger partial charge < -0.3 is 9.47 Å². The Hall–Kier alpha value is -2.21. The van der Waals surface area contributed by atoms with Crippen LogP contribution in [0.25, 0.3) is 0 Å². The molecule has 8 nitrogen and oxygen atoms in total. The molecule has 0 aromatic carbocycles. The molecule has 25 heavy (non-hydrogen) atoms. The predicted molar refractivity (Wildman–Crippen MR) is 81.2 cm³/mol. The van der Waals surface area contributed by atoms with E-state index in [0.29, 0.717) is 13.1 Å². The molecule has 0 spiro atoms. The van der Waals surface area contributed by atoms with Crippen LogP contribution >= 0.6 is 0 Å². The number of aryl methyl sites for hydroxylation is 1. The van der Waals surface area contributed by atoms with E-state index in [1.54, 1.807) is 16.5 Å².